The molecule has 0 aromatic carbocycles. The van der Waals surface area contributed by atoms with Gasteiger partial charge in [-0.2, -0.15) is 8.42 Å². The monoisotopic (exact) mass is 220 g/mol. The number of aromatic nitrogens is 2. The Hall–Kier alpha value is -1.57. The van der Waals surface area contributed by atoms with E-state index in [1.807, 2.05) is 0 Å². The van der Waals surface area contributed by atoms with Crippen LogP contribution in [0.25, 0.3) is 0 Å². The minimum atomic E-state index is -4.16. The Labute approximate surface area is 79.8 Å². The molecule has 0 aliphatic carbocycles. The summed E-state index contributed by atoms with van der Waals surface area (Å²) in [4.78, 5) is 10.4. The van der Waals surface area contributed by atoms with Crippen molar-refractivity contribution in [1.29, 1.82) is 0 Å². The van der Waals surface area contributed by atoms with Gasteiger partial charge in [-0.15, -0.1) is 5.10 Å². The summed E-state index contributed by atoms with van der Waals surface area (Å²) in [6, 6.07) is 1.27. The number of hydrogen-bond acceptors (Lipinski definition) is 5. The van der Waals surface area contributed by atoms with Gasteiger partial charge in [0.2, 0.25) is 0 Å². The molecule has 1 atom stereocenters. The number of carboxylic acids is 1. The number of H-pyrrole nitrogens is 1. The lowest BCUT2D eigenvalue weighted by Gasteiger charge is -2.06. The summed E-state index contributed by atoms with van der Waals surface area (Å²) in [5.41, 5.74) is 0. The van der Waals surface area contributed by atoms with Crippen molar-refractivity contribution in [3.63, 3.8) is 0 Å². The molecule has 8 heteroatoms. The molecule has 0 spiro atoms. The van der Waals surface area contributed by atoms with E-state index in [4.69, 9.17) is 5.11 Å². The molecular weight excluding hydrogens is 212 g/mol. The lowest BCUT2D eigenvalue weighted by Crippen LogP contribution is -2.30. The van der Waals surface area contributed by atoms with E-state index in [1.54, 1.807) is 0 Å². The van der Waals surface area contributed by atoms with Gasteiger partial charge in [0.25, 0.3) is 5.88 Å². The molecule has 0 amide bonds. The van der Waals surface area contributed by atoms with E-state index in [0.29, 0.717) is 0 Å². The minimum Gasteiger partial charge on any atom is -0.480 e. The van der Waals surface area contributed by atoms with Crippen LogP contribution in [0, 0.1) is 0 Å². The van der Waals surface area contributed by atoms with Crippen molar-refractivity contribution < 1.29 is 22.5 Å². The topological polar surface area (TPSA) is 109 Å². The Balaban J connectivity index is 2.83. The van der Waals surface area contributed by atoms with Crippen molar-refractivity contribution in [1.82, 2.24) is 10.2 Å². The zero-order valence-electron chi connectivity index (χ0n) is 7.17. The highest BCUT2D eigenvalue weighted by Crippen LogP contribution is 2.10. The van der Waals surface area contributed by atoms with E-state index in [2.05, 4.69) is 14.4 Å². The third-order valence-corrected chi connectivity index (χ3v) is 2.93. The summed E-state index contributed by atoms with van der Waals surface area (Å²) in [7, 11) is -4.16. The van der Waals surface area contributed by atoms with Crippen molar-refractivity contribution in [3.05, 3.63) is 12.3 Å². The van der Waals surface area contributed by atoms with Crippen LogP contribution in [0.3, 0.4) is 0 Å². The number of carboxylic acid groups (broad SMARTS) is 1. The second-order valence-corrected chi connectivity index (χ2v) is 4.33. The summed E-state index contributed by atoms with van der Waals surface area (Å²) in [6.07, 6.45) is 1.36. The van der Waals surface area contributed by atoms with Gasteiger partial charge in [0, 0.05) is 12.3 Å². The highest BCUT2D eigenvalue weighted by molar-refractivity contribution is 7.88. The first-order valence-corrected chi connectivity index (χ1v) is 5.06. The van der Waals surface area contributed by atoms with Crippen molar-refractivity contribution in [2.75, 3.05) is 0 Å². The Morgan fingerprint density at radius 3 is 2.79 bits per heavy atom. The smallest absolute Gasteiger partial charge is 0.325 e. The largest absolute Gasteiger partial charge is 0.480 e. The Morgan fingerprint density at radius 2 is 2.36 bits per heavy atom. The molecule has 0 radical (unpaired) electrons. The summed E-state index contributed by atoms with van der Waals surface area (Å²) >= 11 is 0. The highest BCUT2D eigenvalue weighted by Gasteiger charge is 2.30. The summed E-state index contributed by atoms with van der Waals surface area (Å²) in [6.45, 7) is 1.02. The van der Waals surface area contributed by atoms with Crippen LogP contribution in [0.4, 0.5) is 0 Å². The molecular formula is C6H8N2O5S. The molecule has 0 aliphatic heterocycles. The average molecular weight is 220 g/mol. The minimum absolute atomic E-state index is 0.182. The third kappa shape index (κ3) is 2.22. The summed E-state index contributed by atoms with van der Waals surface area (Å²) < 4.78 is 26.8. The average Bonchev–Trinajstić information content (AvgIpc) is 2.54. The van der Waals surface area contributed by atoms with Crippen molar-refractivity contribution >= 4 is 16.1 Å². The molecule has 1 rings (SSSR count). The normalized spacial score (nSPS) is 13.5. The molecule has 0 saturated carbocycles. The molecule has 2 N–H and O–H groups in total. The van der Waals surface area contributed by atoms with E-state index in [9.17, 15) is 13.2 Å². The van der Waals surface area contributed by atoms with E-state index in [1.165, 1.54) is 12.3 Å². The van der Waals surface area contributed by atoms with Gasteiger partial charge in [-0.1, -0.05) is 0 Å². The van der Waals surface area contributed by atoms with E-state index < -0.39 is 21.3 Å². The predicted octanol–water partition coefficient (Wildman–Crippen LogP) is -0.409. The molecule has 1 heterocycles. The first-order chi connectivity index (χ1) is 6.43. The molecule has 7 nitrogen and oxygen atoms in total. The third-order valence-electron chi connectivity index (χ3n) is 1.46. The second-order valence-electron chi connectivity index (χ2n) is 2.47. The summed E-state index contributed by atoms with van der Waals surface area (Å²) in [5.74, 6) is -1.65. The van der Waals surface area contributed by atoms with Gasteiger partial charge in [-0.25, -0.2) is 0 Å². The molecule has 1 aromatic heterocycles. The van der Waals surface area contributed by atoms with Crippen LogP contribution in [0.2, 0.25) is 0 Å². The zero-order chi connectivity index (χ0) is 10.8. The van der Waals surface area contributed by atoms with Crippen LogP contribution in [-0.2, 0) is 14.9 Å². The van der Waals surface area contributed by atoms with Gasteiger partial charge in [0.05, 0.1) is 0 Å². The van der Waals surface area contributed by atoms with Gasteiger partial charge in [0.15, 0.2) is 5.25 Å². The van der Waals surface area contributed by atoms with E-state index >= 15 is 0 Å². The maximum Gasteiger partial charge on any atom is 0.325 e. The lowest BCUT2D eigenvalue weighted by molar-refractivity contribution is -0.136. The highest BCUT2D eigenvalue weighted by atomic mass is 32.2. The first kappa shape index (κ1) is 10.5. The zero-order valence-corrected chi connectivity index (χ0v) is 7.98. The van der Waals surface area contributed by atoms with Gasteiger partial charge in [0.1, 0.15) is 0 Å². The fourth-order valence-corrected chi connectivity index (χ4v) is 1.33. The molecule has 0 bridgehead atoms. The predicted molar refractivity (Wildman–Crippen MR) is 45.2 cm³/mol. The second kappa shape index (κ2) is 3.66. The SMILES string of the molecule is CC(C(=O)O)S(=O)(=O)Oc1cc[nH]n1. The van der Waals surface area contributed by atoms with Crippen LogP contribution < -0.4 is 4.18 Å². The Kier molecular flexibility index (Phi) is 2.75. The number of nitrogens with zero attached hydrogens (tertiary/aromatic N) is 1. The van der Waals surface area contributed by atoms with Crippen LogP contribution in [-0.4, -0.2) is 34.9 Å². The fourth-order valence-electron chi connectivity index (χ4n) is 0.608. The van der Waals surface area contributed by atoms with Crippen molar-refractivity contribution in [3.8, 4) is 5.88 Å². The number of hydrogen-bond donors (Lipinski definition) is 2. The number of carbonyl (C=O) groups is 1. The standard InChI is InChI=1S/C6H8N2O5S/c1-4(6(9)10)14(11,12)13-5-2-3-7-8-5/h2-4H,1H3,(H,7,8)(H,9,10). The van der Waals surface area contributed by atoms with Gasteiger partial charge < -0.3 is 9.29 Å². The van der Waals surface area contributed by atoms with Crippen LogP contribution in [0.15, 0.2) is 12.3 Å². The number of nitrogens with one attached hydrogen (secondary N) is 1. The molecule has 14 heavy (non-hydrogen) atoms. The van der Waals surface area contributed by atoms with Gasteiger partial charge in [-0.05, 0) is 6.92 Å². The quantitative estimate of drug-likeness (QED) is 0.667. The molecule has 0 aliphatic rings. The van der Waals surface area contributed by atoms with Crippen LogP contribution in [0.1, 0.15) is 6.92 Å². The molecule has 1 aromatic rings. The number of aliphatic carboxylic acids is 1. The number of rotatable bonds is 4. The first-order valence-electron chi connectivity index (χ1n) is 3.59. The van der Waals surface area contributed by atoms with Crippen molar-refractivity contribution in [2.45, 2.75) is 12.2 Å². The van der Waals surface area contributed by atoms with E-state index in [0.717, 1.165) is 6.92 Å². The Morgan fingerprint density at radius 1 is 1.71 bits per heavy atom. The van der Waals surface area contributed by atoms with Crippen molar-refractivity contribution in [2.24, 2.45) is 0 Å². The molecule has 0 saturated heterocycles. The molecule has 78 valence electrons. The molecule has 0 fully saturated rings. The fraction of sp³-hybridized carbons (Fsp3) is 0.333. The molecule has 1 unspecified atom stereocenters. The summed E-state index contributed by atoms with van der Waals surface area (Å²) in [5, 5.41) is 12.6. The van der Waals surface area contributed by atoms with Crippen LogP contribution in [0.5, 0.6) is 5.88 Å². The Bertz CT molecular complexity index is 409. The maximum atomic E-state index is 11.2. The van der Waals surface area contributed by atoms with Gasteiger partial charge >= 0.3 is 16.1 Å². The maximum absolute atomic E-state index is 11.2. The lowest BCUT2D eigenvalue weighted by atomic mass is 10.5. The van der Waals surface area contributed by atoms with E-state index in [-0.39, 0.29) is 5.88 Å². The number of aromatic amines is 1. The van der Waals surface area contributed by atoms with Gasteiger partial charge in [-0.3, -0.25) is 9.89 Å². The van der Waals surface area contributed by atoms with Crippen LogP contribution >= 0.6 is 0 Å².